The molecular formula is C25H30N2O3S2. The van der Waals surface area contributed by atoms with Gasteiger partial charge in [0.05, 0.1) is 10.6 Å². The molecule has 0 atom stereocenters. The fourth-order valence-electron chi connectivity index (χ4n) is 6.44. The highest BCUT2D eigenvalue weighted by atomic mass is 32.2. The van der Waals surface area contributed by atoms with E-state index in [0.717, 1.165) is 41.9 Å². The summed E-state index contributed by atoms with van der Waals surface area (Å²) >= 11 is 1.57. The second kappa shape index (κ2) is 8.10. The molecule has 170 valence electrons. The zero-order chi connectivity index (χ0) is 22.5. The van der Waals surface area contributed by atoms with Gasteiger partial charge in [-0.25, -0.2) is 8.42 Å². The molecule has 6 rings (SSSR count). The Morgan fingerprint density at radius 3 is 1.97 bits per heavy atom. The number of anilines is 1. The number of carbonyl (C=O) groups excluding carboxylic acids is 1. The van der Waals surface area contributed by atoms with Crippen molar-refractivity contribution in [3.05, 3.63) is 54.1 Å². The Bertz CT molecular complexity index is 1080. The molecule has 0 unspecified atom stereocenters. The lowest BCUT2D eigenvalue weighted by molar-refractivity contribution is -0.0167. The quantitative estimate of drug-likeness (QED) is 0.608. The van der Waals surface area contributed by atoms with Gasteiger partial charge >= 0.3 is 0 Å². The second-order valence-corrected chi connectivity index (χ2v) is 12.7. The first-order chi connectivity index (χ1) is 15.3. The molecule has 4 fully saturated rings. The molecule has 4 aliphatic carbocycles. The molecule has 0 saturated heterocycles. The largest absolute Gasteiger partial charge is 0.347 e. The standard InChI is InChI=1S/C25H30N2O3S2/c1-27(32(29,30)23-9-7-22(31-2)8-10-23)21-5-3-20(4-6-21)24(28)26-25-14-17-11-18(15-25)13-19(12-17)16-25/h3-10,17-19H,11-16H2,1-2H3,(H,26,28). The summed E-state index contributed by atoms with van der Waals surface area (Å²) < 4.78 is 27.3. The number of carbonyl (C=O) groups is 1. The number of benzene rings is 2. The first-order valence-corrected chi connectivity index (χ1v) is 14.0. The van der Waals surface area contributed by atoms with Crippen LogP contribution in [0.3, 0.4) is 0 Å². The van der Waals surface area contributed by atoms with Crippen LogP contribution in [0.15, 0.2) is 58.3 Å². The van der Waals surface area contributed by atoms with Crippen LogP contribution >= 0.6 is 11.8 Å². The molecule has 0 spiro atoms. The monoisotopic (exact) mass is 470 g/mol. The van der Waals surface area contributed by atoms with E-state index in [1.165, 1.54) is 23.6 Å². The third kappa shape index (κ3) is 3.94. The molecule has 32 heavy (non-hydrogen) atoms. The highest BCUT2D eigenvalue weighted by Crippen LogP contribution is 2.55. The minimum absolute atomic E-state index is 0.0342. The molecule has 7 heteroatoms. The summed E-state index contributed by atoms with van der Waals surface area (Å²) in [5.41, 5.74) is 1.08. The summed E-state index contributed by atoms with van der Waals surface area (Å²) in [6, 6.07) is 13.8. The third-order valence-electron chi connectivity index (χ3n) is 7.63. The minimum atomic E-state index is -3.66. The molecular weight excluding hydrogens is 440 g/mol. The topological polar surface area (TPSA) is 66.5 Å². The zero-order valence-electron chi connectivity index (χ0n) is 18.6. The summed E-state index contributed by atoms with van der Waals surface area (Å²) in [5.74, 6) is 2.27. The molecule has 0 radical (unpaired) electrons. The molecule has 5 nitrogen and oxygen atoms in total. The van der Waals surface area contributed by atoms with Crippen molar-refractivity contribution in [3.63, 3.8) is 0 Å². The van der Waals surface area contributed by atoms with Crippen LogP contribution in [0, 0.1) is 17.8 Å². The average Bonchev–Trinajstić information content (AvgIpc) is 2.77. The Labute approximate surface area is 195 Å². The second-order valence-electron chi connectivity index (χ2n) is 9.85. The van der Waals surface area contributed by atoms with Crippen molar-refractivity contribution < 1.29 is 13.2 Å². The van der Waals surface area contributed by atoms with E-state index in [-0.39, 0.29) is 16.3 Å². The maximum Gasteiger partial charge on any atom is 0.264 e. The van der Waals surface area contributed by atoms with Crippen LogP contribution in [0.5, 0.6) is 0 Å². The lowest BCUT2D eigenvalue weighted by atomic mass is 9.53. The molecule has 4 saturated carbocycles. The Balaban J connectivity index is 1.30. The van der Waals surface area contributed by atoms with Crippen molar-refractivity contribution in [2.75, 3.05) is 17.6 Å². The number of hydrogen-bond acceptors (Lipinski definition) is 4. The van der Waals surface area contributed by atoms with E-state index in [1.807, 2.05) is 18.4 Å². The van der Waals surface area contributed by atoms with Crippen LogP contribution in [0.25, 0.3) is 0 Å². The van der Waals surface area contributed by atoms with E-state index in [9.17, 15) is 13.2 Å². The number of nitrogens with one attached hydrogen (secondary N) is 1. The van der Waals surface area contributed by atoms with Gasteiger partial charge in [-0.3, -0.25) is 9.10 Å². The fourth-order valence-corrected chi connectivity index (χ4v) is 8.05. The van der Waals surface area contributed by atoms with Crippen molar-refractivity contribution in [3.8, 4) is 0 Å². The Kier molecular flexibility index (Phi) is 5.53. The number of amides is 1. The molecule has 2 aromatic carbocycles. The molecule has 4 aliphatic rings. The number of rotatable bonds is 6. The summed E-state index contributed by atoms with van der Waals surface area (Å²) in [6.07, 6.45) is 9.30. The van der Waals surface area contributed by atoms with Gasteiger partial charge in [0.15, 0.2) is 0 Å². The van der Waals surface area contributed by atoms with Crippen molar-refractivity contribution in [1.82, 2.24) is 5.32 Å². The fraction of sp³-hybridized carbons (Fsp3) is 0.480. The number of hydrogen-bond donors (Lipinski definition) is 1. The van der Waals surface area contributed by atoms with Crippen LogP contribution in [0.1, 0.15) is 48.9 Å². The van der Waals surface area contributed by atoms with Crippen LogP contribution in [0.2, 0.25) is 0 Å². The van der Waals surface area contributed by atoms with Gasteiger partial charge in [-0.1, -0.05) is 0 Å². The Morgan fingerprint density at radius 1 is 0.938 bits per heavy atom. The van der Waals surface area contributed by atoms with Crippen molar-refractivity contribution >= 4 is 33.4 Å². The smallest absolute Gasteiger partial charge is 0.264 e. The predicted molar refractivity (Wildman–Crippen MR) is 129 cm³/mol. The van der Waals surface area contributed by atoms with Gasteiger partial charge in [0.1, 0.15) is 0 Å². The molecule has 0 aliphatic heterocycles. The van der Waals surface area contributed by atoms with Crippen LogP contribution in [-0.4, -0.2) is 33.2 Å². The lowest BCUT2D eigenvalue weighted by Gasteiger charge is -2.56. The van der Waals surface area contributed by atoms with E-state index in [2.05, 4.69) is 5.32 Å². The Morgan fingerprint density at radius 2 is 1.47 bits per heavy atom. The van der Waals surface area contributed by atoms with E-state index >= 15 is 0 Å². The van der Waals surface area contributed by atoms with Gasteiger partial charge in [0, 0.05) is 23.0 Å². The molecule has 0 aromatic heterocycles. The molecule has 1 N–H and O–H groups in total. The highest BCUT2D eigenvalue weighted by molar-refractivity contribution is 7.98. The first kappa shape index (κ1) is 21.8. The van der Waals surface area contributed by atoms with Crippen molar-refractivity contribution in [1.29, 1.82) is 0 Å². The summed E-state index contributed by atoms with van der Waals surface area (Å²) in [5, 5.41) is 3.38. The zero-order valence-corrected chi connectivity index (χ0v) is 20.2. The summed E-state index contributed by atoms with van der Waals surface area (Å²) in [6.45, 7) is 0. The minimum Gasteiger partial charge on any atom is -0.347 e. The Hall–Kier alpha value is -1.99. The van der Waals surface area contributed by atoms with E-state index in [4.69, 9.17) is 0 Å². The lowest BCUT2D eigenvalue weighted by Crippen LogP contribution is -2.59. The normalized spacial score (nSPS) is 28.5. The molecule has 0 heterocycles. The molecule has 2 aromatic rings. The third-order valence-corrected chi connectivity index (χ3v) is 10.2. The van der Waals surface area contributed by atoms with Gasteiger partial charge in [0.25, 0.3) is 15.9 Å². The van der Waals surface area contributed by atoms with Gasteiger partial charge in [-0.2, -0.15) is 0 Å². The van der Waals surface area contributed by atoms with Crippen LogP contribution in [0.4, 0.5) is 5.69 Å². The van der Waals surface area contributed by atoms with Crippen LogP contribution < -0.4 is 9.62 Å². The van der Waals surface area contributed by atoms with E-state index < -0.39 is 10.0 Å². The maximum atomic E-state index is 13.0. The van der Waals surface area contributed by atoms with E-state index in [0.29, 0.717) is 11.3 Å². The van der Waals surface area contributed by atoms with Gasteiger partial charge in [0.2, 0.25) is 0 Å². The number of sulfonamides is 1. The average molecular weight is 471 g/mol. The number of thioether (sulfide) groups is 1. The molecule has 1 amide bonds. The summed E-state index contributed by atoms with van der Waals surface area (Å²) in [4.78, 5) is 14.3. The SMILES string of the molecule is CSc1ccc(S(=O)(=O)N(C)c2ccc(C(=O)NC34CC5CC(CC(C5)C3)C4)cc2)cc1. The van der Waals surface area contributed by atoms with Gasteiger partial charge < -0.3 is 5.32 Å². The first-order valence-electron chi connectivity index (χ1n) is 11.3. The molecule has 4 bridgehead atoms. The predicted octanol–water partition coefficient (Wildman–Crippen LogP) is 4.93. The van der Waals surface area contributed by atoms with Crippen molar-refractivity contribution in [2.24, 2.45) is 17.8 Å². The maximum absolute atomic E-state index is 13.0. The van der Waals surface area contributed by atoms with Crippen molar-refractivity contribution in [2.45, 2.75) is 53.9 Å². The van der Waals surface area contributed by atoms with Gasteiger partial charge in [-0.15, -0.1) is 11.8 Å². The highest BCUT2D eigenvalue weighted by Gasteiger charge is 2.51. The van der Waals surface area contributed by atoms with Crippen LogP contribution in [-0.2, 0) is 10.0 Å². The van der Waals surface area contributed by atoms with Gasteiger partial charge in [-0.05, 0) is 111 Å². The van der Waals surface area contributed by atoms with E-state index in [1.54, 1.807) is 55.2 Å². The summed E-state index contributed by atoms with van der Waals surface area (Å²) in [7, 11) is -2.12. The number of nitrogens with zero attached hydrogens (tertiary/aromatic N) is 1.